The van der Waals surface area contributed by atoms with Gasteiger partial charge in [0, 0.05) is 24.1 Å². The molecular formula is C19H18F6N4O. The number of nitrogens with one attached hydrogen (secondary N) is 1. The van der Waals surface area contributed by atoms with Crippen molar-refractivity contribution in [2.45, 2.75) is 38.7 Å². The summed E-state index contributed by atoms with van der Waals surface area (Å²) >= 11 is 0. The second-order valence-corrected chi connectivity index (χ2v) is 7.21. The van der Waals surface area contributed by atoms with Crippen molar-refractivity contribution in [2.24, 2.45) is 18.0 Å². The van der Waals surface area contributed by atoms with E-state index in [-0.39, 0.29) is 23.2 Å². The fraction of sp³-hybridized carbons (Fsp3) is 0.421. The number of amides is 1. The highest BCUT2D eigenvalue weighted by atomic mass is 19.4. The number of aromatic nitrogens is 2. The third-order valence-corrected chi connectivity index (χ3v) is 4.92. The highest BCUT2D eigenvalue weighted by molar-refractivity contribution is 5.98. The van der Waals surface area contributed by atoms with Crippen LogP contribution in [0.15, 0.2) is 29.4 Å². The van der Waals surface area contributed by atoms with Gasteiger partial charge < -0.3 is 5.32 Å². The number of benzene rings is 1. The molecule has 2 heterocycles. The molecule has 3 rings (SSSR count). The zero-order valence-electron chi connectivity index (χ0n) is 16.2. The lowest BCUT2D eigenvalue weighted by Crippen LogP contribution is -2.32. The van der Waals surface area contributed by atoms with Crippen LogP contribution in [0.5, 0.6) is 0 Å². The fourth-order valence-corrected chi connectivity index (χ4v) is 3.48. The summed E-state index contributed by atoms with van der Waals surface area (Å²) in [6, 6.07) is 3.02. The Morgan fingerprint density at radius 1 is 1.20 bits per heavy atom. The summed E-state index contributed by atoms with van der Waals surface area (Å²) in [6.45, 7) is 2.79. The van der Waals surface area contributed by atoms with Crippen LogP contribution in [0.25, 0.3) is 0 Å². The molecule has 1 amide bonds. The Hall–Kier alpha value is -2.85. The summed E-state index contributed by atoms with van der Waals surface area (Å²) in [7, 11) is 1.15. The van der Waals surface area contributed by atoms with Crippen molar-refractivity contribution in [1.82, 2.24) is 15.1 Å². The van der Waals surface area contributed by atoms with E-state index in [0.717, 1.165) is 13.2 Å². The van der Waals surface area contributed by atoms with Gasteiger partial charge in [0.2, 0.25) is 0 Å². The van der Waals surface area contributed by atoms with Gasteiger partial charge in [-0.15, -0.1) is 0 Å². The van der Waals surface area contributed by atoms with Gasteiger partial charge in [-0.05, 0) is 37.1 Å². The highest BCUT2D eigenvalue weighted by Gasteiger charge is 2.41. The minimum Gasteiger partial charge on any atom is -0.345 e. The Morgan fingerprint density at radius 2 is 1.87 bits per heavy atom. The molecule has 30 heavy (non-hydrogen) atoms. The van der Waals surface area contributed by atoms with E-state index in [9.17, 15) is 31.1 Å². The third kappa shape index (κ3) is 4.19. The molecule has 0 bridgehead atoms. The van der Waals surface area contributed by atoms with Crippen LogP contribution in [0.2, 0.25) is 0 Å². The molecule has 0 saturated heterocycles. The molecule has 162 valence electrons. The van der Waals surface area contributed by atoms with Gasteiger partial charge >= 0.3 is 12.4 Å². The number of alkyl halides is 6. The summed E-state index contributed by atoms with van der Waals surface area (Å²) in [5.74, 6) is -1.53. The quantitative estimate of drug-likeness (QED) is 0.712. The summed E-state index contributed by atoms with van der Waals surface area (Å²) in [5.41, 5.74) is -1.33. The first-order valence-corrected chi connectivity index (χ1v) is 8.97. The zero-order valence-corrected chi connectivity index (χ0v) is 16.2. The van der Waals surface area contributed by atoms with Gasteiger partial charge in [0.1, 0.15) is 11.4 Å². The Labute approximate surface area is 167 Å². The molecule has 0 spiro atoms. The first-order chi connectivity index (χ1) is 13.8. The Bertz CT molecular complexity index is 1010. The van der Waals surface area contributed by atoms with Crippen molar-refractivity contribution in [3.63, 3.8) is 0 Å². The van der Waals surface area contributed by atoms with Crippen molar-refractivity contribution in [3.8, 4) is 0 Å². The molecule has 0 aliphatic carbocycles. The minimum absolute atomic E-state index is 0.0468. The normalized spacial score (nSPS) is 17.9. The van der Waals surface area contributed by atoms with E-state index in [1.54, 1.807) is 0 Å². The van der Waals surface area contributed by atoms with Crippen LogP contribution in [0.3, 0.4) is 0 Å². The maximum absolute atomic E-state index is 13.2. The molecule has 0 fully saturated rings. The number of rotatable bonds is 3. The van der Waals surface area contributed by atoms with E-state index < -0.39 is 41.6 Å². The number of aryl methyl sites for hydroxylation is 1. The van der Waals surface area contributed by atoms with E-state index >= 15 is 0 Å². The number of fused-ring (bicyclic) bond motifs is 1. The zero-order chi connectivity index (χ0) is 22.4. The lowest BCUT2D eigenvalue weighted by atomic mass is 9.90. The predicted molar refractivity (Wildman–Crippen MR) is 96.6 cm³/mol. The number of nitrogens with zero attached hydrogens (tertiary/aromatic N) is 3. The fourth-order valence-electron chi connectivity index (χ4n) is 3.48. The standard InChI is InChI=1S/C19H18F6N4O/c1-9-6-12-7-11(4-5-14(12)28-15(9)18(20,21)22)17(30)27-10(2)13-8-26-29(3)16(13)19(23,24)25/h4-5,7-10H,6H2,1-3H3,(H,27,30)/t9?,10-/m0/s1. The van der Waals surface area contributed by atoms with Gasteiger partial charge in [0.25, 0.3) is 5.91 Å². The number of aliphatic imine (C=N–C) groups is 1. The van der Waals surface area contributed by atoms with E-state index in [0.29, 0.717) is 10.2 Å². The van der Waals surface area contributed by atoms with Crippen molar-refractivity contribution >= 4 is 17.3 Å². The lowest BCUT2D eigenvalue weighted by Gasteiger charge is -2.24. The van der Waals surface area contributed by atoms with Gasteiger partial charge in [0.15, 0.2) is 0 Å². The van der Waals surface area contributed by atoms with Gasteiger partial charge in [-0.2, -0.15) is 31.4 Å². The number of carbonyl (C=O) groups is 1. The summed E-state index contributed by atoms with van der Waals surface area (Å²) in [6.07, 6.45) is -8.10. The van der Waals surface area contributed by atoms with E-state index in [1.807, 2.05) is 0 Å². The predicted octanol–water partition coefficient (Wildman–Crippen LogP) is 4.76. The van der Waals surface area contributed by atoms with Crippen molar-refractivity contribution in [2.75, 3.05) is 0 Å². The third-order valence-electron chi connectivity index (χ3n) is 4.92. The average Bonchev–Trinajstić information content (AvgIpc) is 3.01. The maximum Gasteiger partial charge on any atom is 0.433 e. The van der Waals surface area contributed by atoms with Crippen LogP contribution in [0.1, 0.15) is 47.1 Å². The van der Waals surface area contributed by atoms with E-state index in [1.165, 1.54) is 32.0 Å². The SMILES string of the molecule is CC1Cc2cc(C(=O)N[C@@H](C)c3cnn(C)c3C(F)(F)F)ccc2N=C1C(F)(F)F. The van der Waals surface area contributed by atoms with Gasteiger partial charge in [0.05, 0.1) is 17.9 Å². The maximum atomic E-state index is 13.2. The molecule has 1 aromatic heterocycles. The second-order valence-electron chi connectivity index (χ2n) is 7.21. The van der Waals surface area contributed by atoms with Crippen molar-refractivity contribution < 1.29 is 31.1 Å². The molecule has 11 heteroatoms. The average molecular weight is 432 g/mol. The summed E-state index contributed by atoms with van der Waals surface area (Å²) < 4.78 is 79.5. The number of halogens is 6. The van der Waals surface area contributed by atoms with E-state index in [4.69, 9.17) is 0 Å². The smallest absolute Gasteiger partial charge is 0.345 e. The minimum atomic E-state index is -4.64. The molecule has 1 aliphatic rings. The van der Waals surface area contributed by atoms with Crippen LogP contribution in [-0.2, 0) is 19.6 Å². The molecule has 2 aromatic rings. The molecule has 1 unspecified atom stereocenters. The van der Waals surface area contributed by atoms with Gasteiger partial charge in [-0.25, -0.2) is 4.99 Å². The molecule has 1 aliphatic heterocycles. The summed E-state index contributed by atoms with van der Waals surface area (Å²) in [4.78, 5) is 16.2. The van der Waals surface area contributed by atoms with Crippen LogP contribution in [0.4, 0.5) is 32.0 Å². The Kier molecular flexibility index (Phi) is 5.42. The topological polar surface area (TPSA) is 59.3 Å². The number of carbonyl (C=O) groups excluding carboxylic acids is 1. The molecular weight excluding hydrogens is 414 g/mol. The van der Waals surface area contributed by atoms with Gasteiger partial charge in [-0.3, -0.25) is 9.48 Å². The number of hydrogen-bond acceptors (Lipinski definition) is 3. The Balaban J connectivity index is 1.83. The van der Waals surface area contributed by atoms with Crippen LogP contribution in [-0.4, -0.2) is 27.6 Å². The van der Waals surface area contributed by atoms with Crippen LogP contribution >= 0.6 is 0 Å². The molecule has 0 radical (unpaired) electrons. The van der Waals surface area contributed by atoms with Crippen molar-refractivity contribution in [1.29, 1.82) is 0 Å². The van der Waals surface area contributed by atoms with Crippen LogP contribution < -0.4 is 5.32 Å². The number of hydrogen-bond donors (Lipinski definition) is 1. The van der Waals surface area contributed by atoms with Gasteiger partial charge in [-0.1, -0.05) is 6.92 Å². The highest BCUT2D eigenvalue weighted by Crippen LogP contribution is 2.36. The first kappa shape index (κ1) is 21.8. The molecule has 5 nitrogen and oxygen atoms in total. The second kappa shape index (κ2) is 7.44. The molecule has 1 N–H and O–H groups in total. The molecule has 1 aromatic carbocycles. The monoisotopic (exact) mass is 432 g/mol. The van der Waals surface area contributed by atoms with Crippen molar-refractivity contribution in [3.05, 3.63) is 46.8 Å². The molecule has 0 saturated carbocycles. The van der Waals surface area contributed by atoms with Crippen LogP contribution in [0, 0.1) is 5.92 Å². The largest absolute Gasteiger partial charge is 0.433 e. The first-order valence-electron chi connectivity index (χ1n) is 8.97. The molecule has 2 atom stereocenters. The van der Waals surface area contributed by atoms with E-state index in [2.05, 4.69) is 15.4 Å². The Morgan fingerprint density at radius 3 is 2.47 bits per heavy atom. The lowest BCUT2D eigenvalue weighted by molar-refractivity contribution is -0.144. The summed E-state index contributed by atoms with van der Waals surface area (Å²) in [5, 5.41) is 6.10.